The molecule has 2 fully saturated rings. The molecule has 5 rings (SSSR count). The van der Waals surface area contributed by atoms with Gasteiger partial charge in [0.15, 0.2) is 5.58 Å². The summed E-state index contributed by atoms with van der Waals surface area (Å²) < 4.78 is 11.7. The molecule has 0 radical (unpaired) electrons. The van der Waals surface area contributed by atoms with E-state index in [0.717, 1.165) is 11.3 Å². The zero-order valence-corrected chi connectivity index (χ0v) is 18.2. The Labute approximate surface area is 181 Å². The van der Waals surface area contributed by atoms with Gasteiger partial charge in [0, 0.05) is 49.0 Å². The molecule has 3 aromatic rings. The van der Waals surface area contributed by atoms with Gasteiger partial charge in [0.25, 0.3) is 11.9 Å². The smallest absolute Gasteiger partial charge is 0.300 e. The van der Waals surface area contributed by atoms with Gasteiger partial charge < -0.3 is 19.0 Å². The molecule has 0 atom stereocenters. The van der Waals surface area contributed by atoms with Gasteiger partial charge in [-0.3, -0.25) is 4.79 Å². The second-order valence-corrected chi connectivity index (χ2v) is 9.00. The molecule has 0 unspecified atom stereocenters. The lowest BCUT2D eigenvalue weighted by Gasteiger charge is -2.33. The van der Waals surface area contributed by atoms with Gasteiger partial charge in [0.05, 0.1) is 12.2 Å². The molecule has 2 aliphatic rings. The molecule has 1 amide bonds. The predicted octanol–water partition coefficient (Wildman–Crippen LogP) is 3.38. The molecule has 162 valence electrons. The third-order valence-electron chi connectivity index (χ3n) is 6.16. The van der Waals surface area contributed by atoms with Crippen LogP contribution in [0.3, 0.4) is 0 Å². The van der Waals surface area contributed by atoms with E-state index < -0.39 is 0 Å². The van der Waals surface area contributed by atoms with E-state index in [2.05, 4.69) is 26.8 Å². The maximum atomic E-state index is 13.0. The number of pyridine rings is 2. The van der Waals surface area contributed by atoms with Crippen LogP contribution in [0.2, 0.25) is 0 Å². The summed E-state index contributed by atoms with van der Waals surface area (Å²) in [6.07, 6.45) is 4.03. The van der Waals surface area contributed by atoms with E-state index in [9.17, 15) is 4.79 Å². The lowest BCUT2D eigenvalue weighted by molar-refractivity contribution is 0.0744. The van der Waals surface area contributed by atoms with Gasteiger partial charge in [-0.2, -0.15) is 4.98 Å². The Morgan fingerprint density at radius 3 is 2.65 bits per heavy atom. The molecule has 3 aromatic heterocycles. The molecule has 8 heteroatoms. The first kappa shape index (κ1) is 19.8. The first-order valence-corrected chi connectivity index (χ1v) is 10.8. The lowest BCUT2D eigenvalue weighted by Crippen LogP contribution is -2.49. The fraction of sp³-hybridized carbons (Fsp3) is 0.478. The number of nitrogens with zero attached hydrogens (tertiary/aromatic N) is 5. The summed E-state index contributed by atoms with van der Waals surface area (Å²) in [7, 11) is 0. The molecule has 1 saturated carbocycles. The van der Waals surface area contributed by atoms with Crippen LogP contribution in [-0.4, -0.2) is 58.5 Å². The molecular weight excluding hydrogens is 394 g/mol. The fourth-order valence-corrected chi connectivity index (χ4v) is 3.75. The largest absolute Gasteiger partial charge is 0.477 e. The summed E-state index contributed by atoms with van der Waals surface area (Å²) in [5, 5.41) is 0. The quantitative estimate of drug-likeness (QED) is 0.624. The maximum Gasteiger partial charge on any atom is 0.300 e. The van der Waals surface area contributed by atoms with Gasteiger partial charge in [-0.15, -0.1) is 0 Å². The number of hydrogen-bond donors (Lipinski definition) is 0. The predicted molar refractivity (Wildman–Crippen MR) is 116 cm³/mol. The molecule has 4 heterocycles. The average molecular weight is 422 g/mol. The van der Waals surface area contributed by atoms with Gasteiger partial charge in [-0.25, -0.2) is 9.97 Å². The Balaban J connectivity index is 1.21. The summed E-state index contributed by atoms with van der Waals surface area (Å²) in [6, 6.07) is 6.23. The van der Waals surface area contributed by atoms with Gasteiger partial charge in [0.2, 0.25) is 11.5 Å². The highest BCUT2D eigenvalue weighted by molar-refractivity contribution is 5.94. The van der Waals surface area contributed by atoms with Gasteiger partial charge in [0.1, 0.15) is 0 Å². The number of carbonyl (C=O) groups is 1. The van der Waals surface area contributed by atoms with Crippen molar-refractivity contribution in [2.75, 3.05) is 37.7 Å². The van der Waals surface area contributed by atoms with Crippen LogP contribution >= 0.6 is 0 Å². The van der Waals surface area contributed by atoms with Crippen LogP contribution in [0.5, 0.6) is 5.88 Å². The van der Waals surface area contributed by atoms with Crippen molar-refractivity contribution >= 4 is 23.2 Å². The Morgan fingerprint density at radius 1 is 1.16 bits per heavy atom. The Morgan fingerprint density at radius 2 is 1.94 bits per heavy atom. The highest BCUT2D eigenvalue weighted by Crippen LogP contribution is 2.45. The highest BCUT2D eigenvalue weighted by atomic mass is 16.5. The topological polar surface area (TPSA) is 84.6 Å². The highest BCUT2D eigenvalue weighted by Gasteiger charge is 2.38. The van der Waals surface area contributed by atoms with Crippen LogP contribution in [0.25, 0.3) is 11.2 Å². The minimum Gasteiger partial charge on any atom is -0.477 e. The SMILES string of the molecule is Cc1ccc2oc(N3CCN(C(=O)c4cnc(OCC5(C)CC5)c(C)c4)CC3)nc2n1. The molecular formula is C23H27N5O3. The summed E-state index contributed by atoms with van der Waals surface area (Å²) >= 11 is 0. The van der Waals surface area contributed by atoms with Crippen molar-refractivity contribution in [3.8, 4) is 5.88 Å². The fourth-order valence-electron chi connectivity index (χ4n) is 3.75. The number of piperazine rings is 1. The van der Waals surface area contributed by atoms with Crippen molar-refractivity contribution in [1.29, 1.82) is 0 Å². The second-order valence-electron chi connectivity index (χ2n) is 9.00. The first-order chi connectivity index (χ1) is 14.9. The van der Waals surface area contributed by atoms with Crippen LogP contribution in [0.15, 0.2) is 28.8 Å². The number of hydrogen-bond acceptors (Lipinski definition) is 7. The van der Waals surface area contributed by atoms with Crippen LogP contribution in [0.1, 0.15) is 41.4 Å². The number of amides is 1. The van der Waals surface area contributed by atoms with Crippen LogP contribution in [0.4, 0.5) is 6.01 Å². The van der Waals surface area contributed by atoms with Crippen molar-refractivity contribution in [3.63, 3.8) is 0 Å². The molecule has 8 nitrogen and oxygen atoms in total. The van der Waals surface area contributed by atoms with Crippen molar-refractivity contribution in [2.24, 2.45) is 5.41 Å². The molecule has 1 aliphatic carbocycles. The van der Waals surface area contributed by atoms with E-state index in [-0.39, 0.29) is 5.91 Å². The molecule has 0 bridgehead atoms. The van der Waals surface area contributed by atoms with E-state index >= 15 is 0 Å². The Bertz CT molecular complexity index is 1130. The molecule has 0 N–H and O–H groups in total. The standard InChI is InChI=1S/C23H27N5O3/c1-15-12-17(13-24-20(15)30-14-23(3)6-7-23)21(29)27-8-10-28(11-9-27)22-26-19-18(31-22)5-4-16(2)25-19/h4-5,12-13H,6-11,14H2,1-3H3. The zero-order chi connectivity index (χ0) is 21.6. The zero-order valence-electron chi connectivity index (χ0n) is 18.2. The third kappa shape index (κ3) is 4.06. The first-order valence-electron chi connectivity index (χ1n) is 10.8. The van der Waals surface area contributed by atoms with Gasteiger partial charge >= 0.3 is 0 Å². The van der Waals surface area contributed by atoms with Crippen LogP contribution in [0, 0.1) is 19.3 Å². The number of oxazole rings is 1. The summed E-state index contributed by atoms with van der Waals surface area (Å²) in [4.78, 5) is 30.2. The number of fused-ring (bicyclic) bond motifs is 1. The minimum absolute atomic E-state index is 0.00851. The molecule has 0 aromatic carbocycles. The van der Waals surface area contributed by atoms with Gasteiger partial charge in [-0.05, 0) is 44.9 Å². The lowest BCUT2D eigenvalue weighted by atomic mass is 10.1. The van der Waals surface area contributed by atoms with Crippen molar-refractivity contribution in [1.82, 2.24) is 19.9 Å². The molecule has 1 saturated heterocycles. The molecule has 1 aliphatic heterocycles. The van der Waals surface area contributed by atoms with E-state index in [4.69, 9.17) is 9.15 Å². The van der Waals surface area contributed by atoms with Crippen LogP contribution in [-0.2, 0) is 0 Å². The number of aromatic nitrogens is 3. The average Bonchev–Trinajstić information content (AvgIpc) is 3.36. The third-order valence-corrected chi connectivity index (χ3v) is 6.16. The summed E-state index contributed by atoms with van der Waals surface area (Å²) in [5.74, 6) is 0.611. The Kier molecular flexibility index (Phi) is 4.79. The molecule has 31 heavy (non-hydrogen) atoms. The van der Waals surface area contributed by atoms with Crippen molar-refractivity contribution in [2.45, 2.75) is 33.6 Å². The number of aryl methyl sites for hydroxylation is 2. The number of anilines is 1. The van der Waals surface area contributed by atoms with Crippen molar-refractivity contribution in [3.05, 3.63) is 41.2 Å². The monoisotopic (exact) mass is 421 g/mol. The van der Waals surface area contributed by atoms with E-state index in [1.54, 1.807) is 6.20 Å². The number of ether oxygens (including phenoxy) is 1. The van der Waals surface area contributed by atoms with E-state index in [1.165, 1.54) is 12.8 Å². The second kappa shape index (κ2) is 7.51. The Hall–Kier alpha value is -3.16. The van der Waals surface area contributed by atoms with E-state index in [0.29, 0.717) is 66.9 Å². The van der Waals surface area contributed by atoms with Crippen molar-refractivity contribution < 1.29 is 13.9 Å². The number of carbonyl (C=O) groups excluding carboxylic acids is 1. The van der Waals surface area contributed by atoms with Gasteiger partial charge in [-0.1, -0.05) is 6.92 Å². The summed E-state index contributed by atoms with van der Waals surface area (Å²) in [6.45, 7) is 9.28. The maximum absolute atomic E-state index is 13.0. The summed E-state index contributed by atoms with van der Waals surface area (Å²) in [5.41, 5.74) is 3.99. The molecule has 0 spiro atoms. The minimum atomic E-state index is -0.00851. The normalized spacial score (nSPS) is 17.8. The number of rotatable bonds is 5. The van der Waals surface area contributed by atoms with Crippen LogP contribution < -0.4 is 9.64 Å². The van der Waals surface area contributed by atoms with E-state index in [1.807, 2.05) is 36.9 Å².